The van der Waals surface area contributed by atoms with Crippen molar-refractivity contribution in [1.29, 1.82) is 0 Å². The van der Waals surface area contributed by atoms with Gasteiger partial charge in [0.25, 0.3) is 0 Å². The molecule has 2 amide bonds. The van der Waals surface area contributed by atoms with Crippen molar-refractivity contribution in [2.24, 2.45) is 5.73 Å². The number of carbonyl (C=O) groups is 1. The normalized spacial score (nSPS) is 17.0. The smallest absolute Gasteiger partial charge is 0.312 e. The summed E-state index contributed by atoms with van der Waals surface area (Å²) in [4.78, 5) is 32.0. The van der Waals surface area contributed by atoms with Gasteiger partial charge in [0, 0.05) is 38.8 Å². The number of hydrogen-bond donors (Lipinski definition) is 4. The minimum Gasteiger partial charge on any atom is -0.379 e. The first kappa shape index (κ1) is 23.2. The molecule has 0 spiro atoms. The van der Waals surface area contributed by atoms with E-state index in [-0.39, 0.29) is 0 Å². The van der Waals surface area contributed by atoms with Crippen LogP contribution in [0, 0.1) is 0 Å². The molecule has 186 valence electrons. The maximum absolute atomic E-state index is 11.0. The summed E-state index contributed by atoms with van der Waals surface area (Å²) in [5, 5.41) is 9.12. The van der Waals surface area contributed by atoms with E-state index in [9.17, 15) is 4.79 Å². The molecule has 0 atom stereocenters. The van der Waals surface area contributed by atoms with Crippen molar-refractivity contribution in [2.45, 2.75) is 38.3 Å². The summed E-state index contributed by atoms with van der Waals surface area (Å²) >= 11 is 0. The second-order valence-electron chi connectivity index (χ2n) is 8.93. The number of anilines is 3. The van der Waals surface area contributed by atoms with Gasteiger partial charge < -0.3 is 31.0 Å². The van der Waals surface area contributed by atoms with Crippen molar-refractivity contribution < 1.29 is 9.53 Å². The number of fused-ring (bicyclic) bond motifs is 1. The Morgan fingerprint density at radius 3 is 2.69 bits per heavy atom. The Labute approximate surface area is 203 Å². The monoisotopic (exact) mass is 480 g/mol. The van der Waals surface area contributed by atoms with E-state index in [0.29, 0.717) is 30.9 Å². The molecular weight excluding hydrogens is 448 g/mol. The Morgan fingerprint density at radius 1 is 1.11 bits per heavy atom. The second kappa shape index (κ2) is 10.8. The first-order valence-corrected chi connectivity index (χ1v) is 12.2. The Kier molecular flexibility index (Phi) is 7.19. The van der Waals surface area contributed by atoms with Gasteiger partial charge >= 0.3 is 6.03 Å². The van der Waals surface area contributed by atoms with E-state index in [1.54, 1.807) is 0 Å². The number of imidazole rings is 1. The van der Waals surface area contributed by atoms with Crippen molar-refractivity contribution >= 4 is 34.6 Å². The second-order valence-corrected chi connectivity index (χ2v) is 8.93. The van der Waals surface area contributed by atoms with Crippen LogP contribution in [0.5, 0.6) is 0 Å². The summed E-state index contributed by atoms with van der Waals surface area (Å²) in [6.45, 7) is 5.02. The Hall–Kier alpha value is -3.51. The van der Waals surface area contributed by atoms with E-state index in [1.807, 2.05) is 24.7 Å². The number of carbonyl (C=O) groups excluding carboxylic acids is 1. The van der Waals surface area contributed by atoms with E-state index in [4.69, 9.17) is 15.5 Å². The molecule has 0 aromatic carbocycles. The van der Waals surface area contributed by atoms with Crippen LogP contribution in [-0.2, 0) is 11.3 Å². The molecule has 4 heterocycles. The number of ether oxygens (including phenoxy) is 1. The molecular formula is C23H32N10O2. The molecule has 12 heteroatoms. The minimum atomic E-state index is -0.561. The Bertz CT molecular complexity index is 1140. The fourth-order valence-electron chi connectivity index (χ4n) is 4.61. The first-order chi connectivity index (χ1) is 17.2. The summed E-state index contributed by atoms with van der Waals surface area (Å²) in [5.74, 6) is 1.07. The van der Waals surface area contributed by atoms with Crippen LogP contribution in [0.1, 0.15) is 37.4 Å². The zero-order valence-corrected chi connectivity index (χ0v) is 19.7. The van der Waals surface area contributed by atoms with Crippen LogP contribution in [0.4, 0.5) is 22.2 Å². The van der Waals surface area contributed by atoms with Crippen LogP contribution in [-0.4, -0.2) is 74.8 Å². The molecule has 35 heavy (non-hydrogen) atoms. The molecule has 5 N–H and O–H groups in total. The molecule has 1 saturated carbocycles. The summed E-state index contributed by atoms with van der Waals surface area (Å²) in [6.07, 6.45) is 8.36. The molecule has 2 aliphatic rings. The third-order valence-corrected chi connectivity index (χ3v) is 6.42. The summed E-state index contributed by atoms with van der Waals surface area (Å²) in [7, 11) is 0. The van der Waals surface area contributed by atoms with Gasteiger partial charge in [0.1, 0.15) is 0 Å². The summed E-state index contributed by atoms with van der Waals surface area (Å²) < 4.78 is 7.58. The maximum Gasteiger partial charge on any atom is 0.312 e. The Balaban J connectivity index is 1.35. The number of pyridine rings is 1. The lowest BCUT2D eigenvalue weighted by molar-refractivity contribution is 0.0336. The van der Waals surface area contributed by atoms with Gasteiger partial charge in [0.15, 0.2) is 17.0 Å². The highest BCUT2D eigenvalue weighted by atomic mass is 16.5. The molecule has 0 unspecified atom stereocenters. The van der Waals surface area contributed by atoms with E-state index >= 15 is 0 Å². The molecule has 5 rings (SSSR count). The zero-order chi connectivity index (χ0) is 24.0. The van der Waals surface area contributed by atoms with Gasteiger partial charge in [0.2, 0.25) is 5.95 Å². The standard InChI is InChI=1S/C23H32N10O2/c24-22(34)25-7-8-26-23-30-20(19-21(31-23)33(15-28-19)18-3-1-2-4-18)29-16-5-6-17(27-13-16)14-32-9-11-35-12-10-32/h5-6,13,15,18H,1-4,7-12,14H2,(H3,24,25,34)(H2,26,29,30,31). The lowest BCUT2D eigenvalue weighted by atomic mass is 10.2. The molecule has 3 aromatic rings. The van der Waals surface area contributed by atoms with E-state index < -0.39 is 6.03 Å². The quantitative estimate of drug-likeness (QED) is 0.337. The van der Waals surface area contributed by atoms with E-state index in [1.165, 1.54) is 12.8 Å². The predicted molar refractivity (Wildman–Crippen MR) is 133 cm³/mol. The van der Waals surface area contributed by atoms with Gasteiger partial charge in [-0.3, -0.25) is 9.88 Å². The van der Waals surface area contributed by atoms with Gasteiger partial charge in [-0.25, -0.2) is 9.78 Å². The fraction of sp³-hybridized carbons (Fsp3) is 0.522. The maximum atomic E-state index is 11.0. The summed E-state index contributed by atoms with van der Waals surface area (Å²) in [5.41, 5.74) is 8.50. The molecule has 0 bridgehead atoms. The molecule has 3 aromatic heterocycles. The van der Waals surface area contributed by atoms with Gasteiger partial charge in [-0.15, -0.1) is 0 Å². The number of aromatic nitrogens is 5. The van der Waals surface area contributed by atoms with Crippen LogP contribution >= 0.6 is 0 Å². The number of nitrogens with one attached hydrogen (secondary N) is 3. The van der Waals surface area contributed by atoms with Crippen LogP contribution in [0.15, 0.2) is 24.7 Å². The van der Waals surface area contributed by atoms with Gasteiger partial charge in [-0.05, 0) is 25.0 Å². The lowest BCUT2D eigenvalue weighted by Gasteiger charge is -2.26. The van der Waals surface area contributed by atoms with Crippen LogP contribution < -0.4 is 21.7 Å². The Morgan fingerprint density at radius 2 is 1.94 bits per heavy atom. The average molecular weight is 481 g/mol. The van der Waals surface area contributed by atoms with Crippen molar-refractivity contribution in [3.63, 3.8) is 0 Å². The van der Waals surface area contributed by atoms with E-state index in [2.05, 4.69) is 40.4 Å². The number of hydrogen-bond acceptors (Lipinski definition) is 9. The average Bonchev–Trinajstić information content (AvgIpc) is 3.54. The lowest BCUT2D eigenvalue weighted by Crippen LogP contribution is -2.35. The number of morpholine rings is 1. The van der Waals surface area contributed by atoms with Crippen molar-refractivity contribution in [3.05, 3.63) is 30.4 Å². The predicted octanol–water partition coefficient (Wildman–Crippen LogP) is 1.99. The first-order valence-electron chi connectivity index (χ1n) is 12.2. The van der Waals surface area contributed by atoms with Gasteiger partial charge in [-0.1, -0.05) is 12.8 Å². The molecule has 12 nitrogen and oxygen atoms in total. The van der Waals surface area contributed by atoms with Gasteiger partial charge in [-0.2, -0.15) is 9.97 Å². The third kappa shape index (κ3) is 5.77. The zero-order valence-electron chi connectivity index (χ0n) is 19.7. The number of amides is 2. The number of nitrogens with zero attached hydrogens (tertiary/aromatic N) is 6. The molecule has 1 saturated heterocycles. The van der Waals surface area contributed by atoms with Crippen LogP contribution in [0.25, 0.3) is 11.2 Å². The third-order valence-electron chi connectivity index (χ3n) is 6.42. The highest BCUT2D eigenvalue weighted by molar-refractivity contribution is 5.86. The number of nitrogens with two attached hydrogens (primary N) is 1. The highest BCUT2D eigenvalue weighted by Crippen LogP contribution is 2.33. The van der Waals surface area contributed by atoms with Crippen molar-refractivity contribution in [1.82, 2.24) is 34.7 Å². The van der Waals surface area contributed by atoms with Crippen molar-refractivity contribution in [2.75, 3.05) is 50.0 Å². The minimum absolute atomic E-state index is 0.371. The largest absolute Gasteiger partial charge is 0.379 e. The molecule has 2 fully saturated rings. The number of primary amides is 1. The van der Waals surface area contributed by atoms with Crippen LogP contribution in [0.2, 0.25) is 0 Å². The highest BCUT2D eigenvalue weighted by Gasteiger charge is 2.22. The topological polar surface area (TPSA) is 148 Å². The number of rotatable bonds is 9. The molecule has 1 aliphatic heterocycles. The van der Waals surface area contributed by atoms with Gasteiger partial charge in [0.05, 0.1) is 37.1 Å². The summed E-state index contributed by atoms with van der Waals surface area (Å²) in [6, 6.07) is 3.87. The fourth-order valence-corrected chi connectivity index (χ4v) is 4.61. The SMILES string of the molecule is NC(=O)NCCNc1nc(Nc2ccc(CN3CCOCC3)nc2)c2ncn(C3CCCC3)c2n1. The molecule has 1 aliphatic carbocycles. The van der Waals surface area contributed by atoms with Crippen molar-refractivity contribution in [3.8, 4) is 0 Å². The number of urea groups is 1. The molecule has 0 radical (unpaired) electrons. The van der Waals surface area contributed by atoms with Crippen LogP contribution in [0.3, 0.4) is 0 Å². The van der Waals surface area contributed by atoms with E-state index in [0.717, 1.165) is 68.2 Å².